The number of aryl methyl sites for hydroxylation is 1. The summed E-state index contributed by atoms with van der Waals surface area (Å²) in [5, 5.41) is 0. The lowest BCUT2D eigenvalue weighted by Crippen LogP contribution is -2.38. The van der Waals surface area contributed by atoms with Crippen molar-refractivity contribution in [3.05, 3.63) is 41.5 Å². The molecule has 0 aromatic heterocycles. The van der Waals surface area contributed by atoms with Crippen LogP contribution in [-0.2, 0) is 4.74 Å². The molecule has 0 unspecified atom stereocenters. The molecule has 0 heterocycles. The topological polar surface area (TPSA) is 9.23 Å². The van der Waals surface area contributed by atoms with Gasteiger partial charge in [0.15, 0.2) is 0 Å². The van der Waals surface area contributed by atoms with E-state index in [1.165, 1.54) is 11.1 Å². The first kappa shape index (κ1) is 19.5. The average molecular weight is 363 g/mol. The highest BCUT2D eigenvalue weighted by atomic mass is 19.3. The van der Waals surface area contributed by atoms with E-state index in [1.54, 1.807) is 0 Å². The largest absolute Gasteiger partial charge is 0.358 e. The molecular formula is C23H32F2O. The molecule has 0 atom stereocenters. The maximum atomic E-state index is 14.5. The molecule has 144 valence electrons. The summed E-state index contributed by atoms with van der Waals surface area (Å²) in [6.45, 7) is 4.24. The van der Waals surface area contributed by atoms with Gasteiger partial charge in [-0.1, -0.05) is 61.7 Å². The second-order valence-electron chi connectivity index (χ2n) is 8.44. The zero-order chi connectivity index (χ0) is 18.6. The van der Waals surface area contributed by atoms with Gasteiger partial charge in [0.05, 0.1) is 12.0 Å². The maximum Gasteiger partial charge on any atom is 0.358 e. The smallest absolute Gasteiger partial charge is 0.317 e. The first-order valence-corrected chi connectivity index (χ1v) is 10.2. The third-order valence-electron chi connectivity index (χ3n) is 6.17. The van der Waals surface area contributed by atoms with Crippen LogP contribution < -0.4 is 0 Å². The van der Waals surface area contributed by atoms with Gasteiger partial charge in [0.2, 0.25) is 0 Å². The molecule has 2 aliphatic carbocycles. The molecule has 3 heteroatoms. The first-order valence-electron chi connectivity index (χ1n) is 10.2. The van der Waals surface area contributed by atoms with E-state index in [1.807, 2.05) is 0 Å². The Kier molecular flexibility index (Phi) is 6.50. The Hall–Kier alpha value is -1.22. The molecule has 2 saturated carbocycles. The summed E-state index contributed by atoms with van der Waals surface area (Å²) in [5.41, 5.74) is 2.46. The van der Waals surface area contributed by atoms with E-state index in [4.69, 9.17) is 4.74 Å². The van der Waals surface area contributed by atoms with Gasteiger partial charge < -0.3 is 4.74 Å². The van der Waals surface area contributed by atoms with Crippen molar-refractivity contribution in [3.63, 3.8) is 0 Å². The van der Waals surface area contributed by atoms with Crippen molar-refractivity contribution in [2.45, 2.75) is 77.4 Å². The quantitative estimate of drug-likeness (QED) is 0.548. The number of ether oxygens (including phenoxy) is 1. The van der Waals surface area contributed by atoms with E-state index in [-0.39, 0.29) is 6.10 Å². The molecule has 1 aromatic rings. The fourth-order valence-corrected chi connectivity index (χ4v) is 4.24. The summed E-state index contributed by atoms with van der Waals surface area (Å²) >= 11 is 0. The van der Waals surface area contributed by atoms with E-state index in [2.05, 4.69) is 50.3 Å². The Balaban J connectivity index is 1.45. The SMILES string of the molecule is Cc1ccc(/C=C/C2CCC(OC(F)(F)C3CCC(C)CC3)CC2)cc1. The van der Waals surface area contributed by atoms with Gasteiger partial charge in [0.25, 0.3) is 0 Å². The average Bonchev–Trinajstić information content (AvgIpc) is 2.62. The van der Waals surface area contributed by atoms with Gasteiger partial charge in [-0.2, -0.15) is 8.78 Å². The summed E-state index contributed by atoms with van der Waals surface area (Å²) in [5.74, 6) is 0.468. The summed E-state index contributed by atoms with van der Waals surface area (Å²) < 4.78 is 34.3. The lowest BCUT2D eigenvalue weighted by atomic mass is 9.82. The van der Waals surface area contributed by atoms with Gasteiger partial charge in [-0.25, -0.2) is 0 Å². The molecule has 1 aromatic carbocycles. The molecule has 0 aliphatic heterocycles. The number of hydrogen-bond acceptors (Lipinski definition) is 1. The number of hydrogen-bond donors (Lipinski definition) is 0. The van der Waals surface area contributed by atoms with Crippen molar-refractivity contribution in [1.29, 1.82) is 0 Å². The Labute approximate surface area is 156 Å². The fourth-order valence-electron chi connectivity index (χ4n) is 4.24. The Morgan fingerprint density at radius 2 is 1.54 bits per heavy atom. The summed E-state index contributed by atoms with van der Waals surface area (Å²) in [6, 6.07) is 8.45. The Morgan fingerprint density at radius 1 is 0.923 bits per heavy atom. The van der Waals surface area contributed by atoms with E-state index < -0.39 is 12.0 Å². The van der Waals surface area contributed by atoms with Gasteiger partial charge >= 0.3 is 6.11 Å². The zero-order valence-electron chi connectivity index (χ0n) is 16.1. The van der Waals surface area contributed by atoms with Crippen molar-refractivity contribution in [1.82, 2.24) is 0 Å². The van der Waals surface area contributed by atoms with E-state index in [9.17, 15) is 8.78 Å². The minimum Gasteiger partial charge on any atom is -0.317 e. The predicted molar refractivity (Wildman–Crippen MR) is 103 cm³/mol. The maximum absolute atomic E-state index is 14.5. The normalized spacial score (nSPS) is 30.6. The van der Waals surface area contributed by atoms with Crippen LogP contribution in [0.25, 0.3) is 6.08 Å². The number of benzene rings is 1. The third-order valence-corrected chi connectivity index (χ3v) is 6.17. The second kappa shape index (κ2) is 8.65. The van der Waals surface area contributed by atoms with Crippen LogP contribution in [0.15, 0.2) is 30.3 Å². The van der Waals surface area contributed by atoms with Gasteiger partial charge in [0, 0.05) is 0 Å². The number of rotatable bonds is 5. The van der Waals surface area contributed by atoms with Gasteiger partial charge in [-0.15, -0.1) is 0 Å². The highest BCUT2D eigenvalue weighted by molar-refractivity contribution is 5.49. The molecular weight excluding hydrogens is 330 g/mol. The van der Waals surface area contributed by atoms with Gasteiger partial charge in [-0.05, 0) is 62.8 Å². The number of allylic oxidation sites excluding steroid dienone is 1. The third kappa shape index (κ3) is 5.39. The Bertz CT molecular complexity index is 577. The van der Waals surface area contributed by atoms with Crippen LogP contribution in [0.1, 0.15) is 69.4 Å². The molecule has 0 bridgehead atoms. The van der Waals surface area contributed by atoms with Crippen LogP contribution in [-0.4, -0.2) is 12.2 Å². The van der Waals surface area contributed by atoms with E-state index in [0.717, 1.165) is 38.5 Å². The summed E-state index contributed by atoms with van der Waals surface area (Å²) in [4.78, 5) is 0. The molecule has 0 N–H and O–H groups in total. The zero-order valence-corrected chi connectivity index (χ0v) is 16.1. The fraction of sp³-hybridized carbons (Fsp3) is 0.652. The van der Waals surface area contributed by atoms with Crippen LogP contribution in [0.2, 0.25) is 0 Å². The molecule has 0 saturated heterocycles. The second-order valence-corrected chi connectivity index (χ2v) is 8.44. The molecule has 0 radical (unpaired) electrons. The van der Waals surface area contributed by atoms with E-state index in [0.29, 0.717) is 24.7 Å². The highest BCUT2D eigenvalue weighted by Crippen LogP contribution is 2.41. The molecule has 0 spiro atoms. The monoisotopic (exact) mass is 362 g/mol. The molecule has 2 aliphatic rings. The molecule has 26 heavy (non-hydrogen) atoms. The molecule has 0 amide bonds. The summed E-state index contributed by atoms with van der Waals surface area (Å²) in [6.07, 6.45) is 7.51. The van der Waals surface area contributed by atoms with Crippen molar-refractivity contribution < 1.29 is 13.5 Å². The standard InChI is InChI=1S/C23H32F2O/c1-17-3-7-19(8-4-17)9-10-20-11-15-22(16-12-20)26-23(24,25)21-13-5-18(2)6-14-21/h3-4,7-10,18,20-22H,5-6,11-16H2,1-2H3/b10-9+. The number of alkyl halides is 2. The lowest BCUT2D eigenvalue weighted by Gasteiger charge is -2.36. The molecule has 2 fully saturated rings. The first-order chi connectivity index (χ1) is 12.4. The minimum absolute atomic E-state index is 0.284. The van der Waals surface area contributed by atoms with Crippen molar-refractivity contribution >= 4 is 6.08 Å². The lowest BCUT2D eigenvalue weighted by molar-refractivity contribution is -0.301. The van der Waals surface area contributed by atoms with Crippen LogP contribution >= 0.6 is 0 Å². The van der Waals surface area contributed by atoms with Crippen LogP contribution in [0.4, 0.5) is 8.78 Å². The van der Waals surface area contributed by atoms with Gasteiger partial charge in [-0.3, -0.25) is 0 Å². The summed E-state index contributed by atoms with van der Waals surface area (Å²) in [7, 11) is 0. The van der Waals surface area contributed by atoms with Crippen molar-refractivity contribution in [2.24, 2.45) is 17.8 Å². The predicted octanol–water partition coefficient (Wildman–Crippen LogP) is 7.00. The van der Waals surface area contributed by atoms with Crippen molar-refractivity contribution in [3.8, 4) is 0 Å². The van der Waals surface area contributed by atoms with E-state index >= 15 is 0 Å². The molecule has 1 nitrogen and oxygen atoms in total. The number of halogens is 2. The molecule has 3 rings (SSSR count). The van der Waals surface area contributed by atoms with Crippen LogP contribution in [0.3, 0.4) is 0 Å². The Morgan fingerprint density at radius 3 is 2.15 bits per heavy atom. The highest BCUT2D eigenvalue weighted by Gasteiger charge is 2.44. The minimum atomic E-state index is -2.95. The van der Waals surface area contributed by atoms with Gasteiger partial charge in [0.1, 0.15) is 0 Å². The van der Waals surface area contributed by atoms with Crippen LogP contribution in [0, 0.1) is 24.7 Å². The van der Waals surface area contributed by atoms with Crippen LogP contribution in [0.5, 0.6) is 0 Å². The van der Waals surface area contributed by atoms with Crippen molar-refractivity contribution in [2.75, 3.05) is 0 Å².